The zero-order valence-corrected chi connectivity index (χ0v) is 5.50. The number of nitrogens with two attached hydrogens (primary N) is 2. The van der Waals surface area contributed by atoms with Gasteiger partial charge in [0.2, 0.25) is 0 Å². The molecule has 0 bridgehead atoms. The Balaban J connectivity index is 3.07. The van der Waals surface area contributed by atoms with E-state index in [2.05, 4.69) is 0 Å². The summed E-state index contributed by atoms with van der Waals surface area (Å²) < 4.78 is 0. The fraction of sp³-hybridized carbons (Fsp3) is 0.143. The summed E-state index contributed by atoms with van der Waals surface area (Å²) in [6.07, 6.45) is 0. The third-order valence-corrected chi connectivity index (χ3v) is 1.33. The Morgan fingerprint density at radius 2 is 2.00 bits per heavy atom. The molecule has 53 valence electrons. The molecule has 0 heterocycles. The topological polar surface area (TPSA) is 71.9 Å². The fourth-order valence-electron chi connectivity index (χ4n) is 0.745. The van der Waals surface area contributed by atoms with Crippen LogP contribution in [0.3, 0.4) is 0 Å². The van der Waals surface area contributed by atoms with Gasteiger partial charge in [0.05, 0.1) is 0 Å². The summed E-state index contributed by atoms with van der Waals surface area (Å²) in [5, 5.41) is 10.3. The van der Waals surface area contributed by atoms with Gasteiger partial charge in [-0.25, -0.2) is 5.11 Å². The molecule has 3 nitrogen and oxygen atoms in total. The largest absolute Gasteiger partial charge is 0.399 e. The molecule has 1 radical (unpaired) electrons. The summed E-state index contributed by atoms with van der Waals surface area (Å²) >= 11 is 0. The van der Waals surface area contributed by atoms with Gasteiger partial charge >= 0.3 is 0 Å². The molecule has 0 saturated carbocycles. The smallest absolute Gasteiger partial charge is 0.109 e. The van der Waals surface area contributed by atoms with E-state index in [1.54, 1.807) is 18.2 Å². The van der Waals surface area contributed by atoms with E-state index in [0.717, 1.165) is 0 Å². The lowest BCUT2D eigenvalue weighted by atomic mass is 10.2. The third kappa shape index (κ3) is 1.19. The first-order valence-corrected chi connectivity index (χ1v) is 2.96. The van der Waals surface area contributed by atoms with E-state index in [1.807, 2.05) is 0 Å². The molecule has 1 aromatic carbocycles. The number of benzene rings is 1. The van der Waals surface area contributed by atoms with Gasteiger partial charge in [-0.05, 0) is 12.1 Å². The van der Waals surface area contributed by atoms with Crippen LogP contribution in [0.5, 0.6) is 0 Å². The summed E-state index contributed by atoms with van der Waals surface area (Å²) in [6, 6.07) is 4.91. The summed E-state index contributed by atoms with van der Waals surface area (Å²) in [7, 11) is 0. The Morgan fingerprint density at radius 3 is 2.50 bits per heavy atom. The van der Waals surface area contributed by atoms with Gasteiger partial charge in [-0.3, -0.25) is 0 Å². The Morgan fingerprint density at radius 1 is 1.30 bits per heavy atom. The summed E-state index contributed by atoms with van der Waals surface area (Å²) in [5.74, 6) is 0. The number of rotatable bonds is 1. The zero-order valence-electron chi connectivity index (χ0n) is 5.50. The van der Waals surface area contributed by atoms with Crippen LogP contribution < -0.4 is 11.5 Å². The molecule has 10 heavy (non-hydrogen) atoms. The SMILES string of the molecule is Nc1ccc(C[O])c(N)c1. The van der Waals surface area contributed by atoms with Crippen LogP contribution in [-0.2, 0) is 11.7 Å². The lowest BCUT2D eigenvalue weighted by molar-refractivity contribution is 0.178. The molecule has 0 fully saturated rings. The van der Waals surface area contributed by atoms with E-state index >= 15 is 0 Å². The van der Waals surface area contributed by atoms with Gasteiger partial charge in [0.15, 0.2) is 0 Å². The number of anilines is 2. The second-order valence-corrected chi connectivity index (χ2v) is 2.10. The highest BCUT2D eigenvalue weighted by molar-refractivity contribution is 5.56. The average molecular weight is 137 g/mol. The second kappa shape index (κ2) is 2.58. The molecular formula is C7H9N2O. The zero-order chi connectivity index (χ0) is 7.56. The van der Waals surface area contributed by atoms with Gasteiger partial charge in [-0.1, -0.05) is 6.07 Å². The molecular weight excluding hydrogens is 128 g/mol. The first-order valence-electron chi connectivity index (χ1n) is 2.96. The molecule has 0 atom stereocenters. The Kier molecular flexibility index (Phi) is 1.78. The van der Waals surface area contributed by atoms with Crippen molar-refractivity contribution < 1.29 is 5.11 Å². The van der Waals surface area contributed by atoms with E-state index in [1.165, 1.54) is 0 Å². The number of nitrogen functional groups attached to an aromatic ring is 2. The summed E-state index contributed by atoms with van der Waals surface area (Å²) in [5.41, 5.74) is 12.5. The molecule has 0 saturated heterocycles. The van der Waals surface area contributed by atoms with E-state index in [-0.39, 0.29) is 6.61 Å². The van der Waals surface area contributed by atoms with Crippen molar-refractivity contribution in [3.05, 3.63) is 23.8 Å². The Hall–Kier alpha value is -1.22. The minimum absolute atomic E-state index is 0.286. The van der Waals surface area contributed by atoms with Crippen molar-refractivity contribution in [3.63, 3.8) is 0 Å². The molecule has 0 spiro atoms. The minimum atomic E-state index is -0.286. The van der Waals surface area contributed by atoms with Gasteiger partial charge in [0.1, 0.15) is 6.61 Å². The Labute approximate surface area is 59.3 Å². The fourth-order valence-corrected chi connectivity index (χ4v) is 0.745. The van der Waals surface area contributed by atoms with Crippen LogP contribution in [0.25, 0.3) is 0 Å². The van der Waals surface area contributed by atoms with Crippen molar-refractivity contribution in [2.45, 2.75) is 6.61 Å². The van der Waals surface area contributed by atoms with Crippen molar-refractivity contribution in [2.24, 2.45) is 0 Å². The van der Waals surface area contributed by atoms with Crippen molar-refractivity contribution >= 4 is 11.4 Å². The lowest BCUT2D eigenvalue weighted by Crippen LogP contribution is -1.95. The van der Waals surface area contributed by atoms with Crippen LogP contribution in [0.2, 0.25) is 0 Å². The maximum Gasteiger partial charge on any atom is 0.109 e. The molecule has 1 rings (SSSR count). The quantitative estimate of drug-likeness (QED) is 0.561. The van der Waals surface area contributed by atoms with Crippen LogP contribution in [-0.4, -0.2) is 0 Å². The van der Waals surface area contributed by atoms with Crippen molar-refractivity contribution in [2.75, 3.05) is 11.5 Å². The normalized spacial score (nSPS) is 9.70. The van der Waals surface area contributed by atoms with E-state index in [0.29, 0.717) is 16.9 Å². The summed E-state index contributed by atoms with van der Waals surface area (Å²) in [4.78, 5) is 0. The van der Waals surface area contributed by atoms with Gasteiger partial charge in [-0.15, -0.1) is 0 Å². The third-order valence-electron chi connectivity index (χ3n) is 1.33. The molecule has 0 aliphatic rings. The predicted octanol–water partition coefficient (Wildman–Crippen LogP) is 0.782. The molecule has 4 N–H and O–H groups in total. The van der Waals surface area contributed by atoms with Gasteiger partial charge in [0.25, 0.3) is 0 Å². The first kappa shape index (κ1) is 6.89. The molecule has 0 aromatic heterocycles. The summed E-state index contributed by atoms with van der Waals surface area (Å²) in [6.45, 7) is -0.286. The van der Waals surface area contributed by atoms with Crippen molar-refractivity contribution in [3.8, 4) is 0 Å². The molecule has 0 unspecified atom stereocenters. The van der Waals surface area contributed by atoms with Crippen LogP contribution in [0.1, 0.15) is 5.56 Å². The molecule has 0 aliphatic heterocycles. The average Bonchev–Trinajstić information content (AvgIpc) is 1.88. The first-order chi connectivity index (χ1) is 4.74. The monoisotopic (exact) mass is 137 g/mol. The molecule has 1 aromatic rings. The molecule has 0 aliphatic carbocycles. The highest BCUT2D eigenvalue weighted by atomic mass is 16.3. The number of hydrogen-bond donors (Lipinski definition) is 2. The maximum atomic E-state index is 10.3. The highest BCUT2D eigenvalue weighted by Gasteiger charge is 1.96. The van der Waals surface area contributed by atoms with Gasteiger partial charge < -0.3 is 11.5 Å². The van der Waals surface area contributed by atoms with Crippen molar-refractivity contribution in [1.82, 2.24) is 0 Å². The van der Waals surface area contributed by atoms with E-state index in [4.69, 9.17) is 11.5 Å². The van der Waals surface area contributed by atoms with Crippen molar-refractivity contribution in [1.29, 1.82) is 0 Å². The molecule has 3 heteroatoms. The lowest BCUT2D eigenvalue weighted by Gasteiger charge is -2.00. The van der Waals surface area contributed by atoms with Crippen LogP contribution in [0.15, 0.2) is 18.2 Å². The molecule has 0 amide bonds. The minimum Gasteiger partial charge on any atom is -0.399 e. The van der Waals surface area contributed by atoms with Crippen LogP contribution in [0, 0.1) is 0 Å². The number of hydrogen-bond acceptors (Lipinski definition) is 2. The van der Waals surface area contributed by atoms with Gasteiger partial charge in [-0.2, -0.15) is 0 Å². The highest BCUT2D eigenvalue weighted by Crippen LogP contribution is 2.14. The second-order valence-electron chi connectivity index (χ2n) is 2.10. The standard InChI is InChI=1S/C7H9N2O/c8-6-2-1-5(4-10)7(9)3-6/h1-3H,4,8-9H2. The van der Waals surface area contributed by atoms with E-state index < -0.39 is 0 Å². The Bertz CT molecular complexity index is 235. The maximum absolute atomic E-state index is 10.3. The van der Waals surface area contributed by atoms with Crippen LogP contribution >= 0.6 is 0 Å². The predicted molar refractivity (Wildman–Crippen MR) is 39.7 cm³/mol. The van der Waals surface area contributed by atoms with Gasteiger partial charge in [0, 0.05) is 16.9 Å². The van der Waals surface area contributed by atoms with Crippen LogP contribution in [0.4, 0.5) is 11.4 Å². The van der Waals surface area contributed by atoms with E-state index in [9.17, 15) is 5.11 Å².